The van der Waals surface area contributed by atoms with Crippen LogP contribution in [-0.2, 0) is 26.2 Å². The summed E-state index contributed by atoms with van der Waals surface area (Å²) in [6.07, 6.45) is 0. The number of carbonyl (C=O) groups excluding carboxylic acids is 2. The molecular formula is C26H26BrCl2N3O4S. The average Bonchev–Trinajstić information content (AvgIpc) is 2.87. The standard InChI is InChI=1S/C26H26BrCl2N3O4S/c1-3-30-26(34)18(2)31(16-19-12-13-21(28)15-24(19)29)25(33)17-32(22-9-7-8-20(27)14-22)37(35,36)23-10-5-4-6-11-23/h4-15,18H,3,16-17H2,1-2H3,(H,30,34). The number of sulfonamides is 1. The van der Waals surface area contributed by atoms with Crippen LogP contribution in [0.2, 0.25) is 10.0 Å². The Morgan fingerprint density at radius 3 is 2.32 bits per heavy atom. The van der Waals surface area contributed by atoms with Crippen molar-refractivity contribution in [1.82, 2.24) is 10.2 Å². The molecule has 0 spiro atoms. The number of anilines is 1. The number of halogens is 3. The first-order valence-corrected chi connectivity index (χ1v) is 14.4. The molecule has 7 nitrogen and oxygen atoms in total. The van der Waals surface area contributed by atoms with Crippen molar-refractivity contribution in [1.29, 1.82) is 0 Å². The van der Waals surface area contributed by atoms with E-state index in [1.165, 1.54) is 17.0 Å². The number of carbonyl (C=O) groups is 2. The molecule has 37 heavy (non-hydrogen) atoms. The Morgan fingerprint density at radius 1 is 1.00 bits per heavy atom. The minimum absolute atomic E-state index is 0.0230. The summed E-state index contributed by atoms with van der Waals surface area (Å²) in [5, 5.41) is 3.47. The van der Waals surface area contributed by atoms with Gasteiger partial charge >= 0.3 is 0 Å². The number of hydrogen-bond acceptors (Lipinski definition) is 4. The van der Waals surface area contributed by atoms with E-state index >= 15 is 0 Å². The van der Waals surface area contributed by atoms with Gasteiger partial charge in [-0.05, 0) is 61.9 Å². The zero-order valence-electron chi connectivity index (χ0n) is 20.2. The van der Waals surface area contributed by atoms with Crippen LogP contribution in [0.5, 0.6) is 0 Å². The molecule has 196 valence electrons. The van der Waals surface area contributed by atoms with Gasteiger partial charge in [0.05, 0.1) is 10.6 Å². The number of rotatable bonds is 10. The van der Waals surface area contributed by atoms with E-state index < -0.39 is 28.5 Å². The number of amides is 2. The van der Waals surface area contributed by atoms with Crippen LogP contribution in [0.4, 0.5) is 5.69 Å². The zero-order valence-corrected chi connectivity index (χ0v) is 24.1. The summed E-state index contributed by atoms with van der Waals surface area (Å²) < 4.78 is 29.0. The summed E-state index contributed by atoms with van der Waals surface area (Å²) in [7, 11) is -4.12. The molecular weight excluding hydrogens is 601 g/mol. The highest BCUT2D eigenvalue weighted by Crippen LogP contribution is 2.28. The summed E-state index contributed by atoms with van der Waals surface area (Å²) >= 11 is 15.8. The third-order valence-electron chi connectivity index (χ3n) is 5.58. The van der Waals surface area contributed by atoms with Crippen LogP contribution in [0, 0.1) is 0 Å². The molecule has 0 bridgehead atoms. The number of nitrogens with one attached hydrogen (secondary N) is 1. The second kappa shape index (κ2) is 12.8. The first-order chi connectivity index (χ1) is 17.5. The van der Waals surface area contributed by atoms with Gasteiger partial charge in [0.2, 0.25) is 11.8 Å². The van der Waals surface area contributed by atoms with E-state index in [4.69, 9.17) is 23.2 Å². The summed E-state index contributed by atoms with van der Waals surface area (Å²) in [6, 6.07) is 18.5. The summed E-state index contributed by atoms with van der Waals surface area (Å²) in [5.74, 6) is -0.954. The van der Waals surface area contributed by atoms with Gasteiger partial charge in [-0.25, -0.2) is 8.42 Å². The second-order valence-electron chi connectivity index (χ2n) is 8.13. The van der Waals surface area contributed by atoms with Crippen molar-refractivity contribution in [2.75, 3.05) is 17.4 Å². The van der Waals surface area contributed by atoms with Crippen molar-refractivity contribution in [3.8, 4) is 0 Å². The molecule has 0 heterocycles. The SMILES string of the molecule is CCNC(=O)C(C)N(Cc1ccc(Cl)cc1Cl)C(=O)CN(c1cccc(Br)c1)S(=O)(=O)c1ccccc1. The Balaban J connectivity index is 2.04. The van der Waals surface area contributed by atoms with Crippen LogP contribution in [-0.4, -0.2) is 44.3 Å². The number of benzene rings is 3. The molecule has 0 aliphatic rings. The molecule has 0 saturated carbocycles. The fourth-order valence-electron chi connectivity index (χ4n) is 3.62. The molecule has 0 fully saturated rings. The van der Waals surface area contributed by atoms with Crippen LogP contribution >= 0.6 is 39.1 Å². The molecule has 0 aliphatic carbocycles. The number of hydrogen-bond donors (Lipinski definition) is 1. The Labute approximate surface area is 235 Å². The van der Waals surface area contributed by atoms with Crippen molar-refractivity contribution in [3.63, 3.8) is 0 Å². The van der Waals surface area contributed by atoms with Gasteiger partial charge < -0.3 is 10.2 Å². The quantitative estimate of drug-likeness (QED) is 0.322. The molecule has 3 aromatic carbocycles. The molecule has 0 saturated heterocycles. The van der Waals surface area contributed by atoms with E-state index in [2.05, 4.69) is 21.2 Å². The van der Waals surface area contributed by atoms with E-state index in [1.807, 2.05) is 0 Å². The normalized spacial score (nSPS) is 12.0. The Hall–Kier alpha value is -2.59. The Morgan fingerprint density at radius 2 is 1.70 bits per heavy atom. The van der Waals surface area contributed by atoms with E-state index in [0.29, 0.717) is 32.3 Å². The third kappa shape index (κ3) is 7.25. The van der Waals surface area contributed by atoms with Gasteiger partial charge in [-0.15, -0.1) is 0 Å². The summed E-state index contributed by atoms with van der Waals surface area (Å²) in [5.41, 5.74) is 0.859. The van der Waals surface area contributed by atoms with Crippen molar-refractivity contribution >= 4 is 66.7 Å². The van der Waals surface area contributed by atoms with Crippen LogP contribution in [0.3, 0.4) is 0 Å². The zero-order chi connectivity index (χ0) is 27.2. The van der Waals surface area contributed by atoms with Crippen LogP contribution in [0.25, 0.3) is 0 Å². The maximum absolute atomic E-state index is 13.8. The van der Waals surface area contributed by atoms with Gasteiger partial charge in [0.15, 0.2) is 0 Å². The fraction of sp³-hybridized carbons (Fsp3) is 0.231. The van der Waals surface area contributed by atoms with E-state index in [-0.39, 0.29) is 17.3 Å². The van der Waals surface area contributed by atoms with Crippen LogP contribution in [0.1, 0.15) is 19.4 Å². The molecule has 1 N–H and O–H groups in total. The monoisotopic (exact) mass is 625 g/mol. The largest absolute Gasteiger partial charge is 0.355 e. The maximum Gasteiger partial charge on any atom is 0.264 e. The van der Waals surface area contributed by atoms with Crippen molar-refractivity contribution in [3.05, 3.63) is 92.9 Å². The highest BCUT2D eigenvalue weighted by atomic mass is 79.9. The van der Waals surface area contributed by atoms with Crippen LogP contribution < -0.4 is 9.62 Å². The Kier molecular flexibility index (Phi) is 10.0. The predicted molar refractivity (Wildman–Crippen MR) is 150 cm³/mol. The van der Waals surface area contributed by atoms with Crippen molar-refractivity contribution in [2.45, 2.75) is 31.3 Å². The van der Waals surface area contributed by atoms with E-state index in [9.17, 15) is 18.0 Å². The summed E-state index contributed by atoms with van der Waals surface area (Å²) in [4.78, 5) is 27.9. The minimum Gasteiger partial charge on any atom is -0.355 e. The number of nitrogens with zero attached hydrogens (tertiary/aromatic N) is 2. The highest BCUT2D eigenvalue weighted by Gasteiger charge is 2.32. The maximum atomic E-state index is 13.8. The first-order valence-electron chi connectivity index (χ1n) is 11.4. The Bertz CT molecular complexity index is 1370. The lowest BCUT2D eigenvalue weighted by Gasteiger charge is -2.32. The molecule has 1 atom stereocenters. The van der Waals surface area contributed by atoms with E-state index in [0.717, 1.165) is 4.31 Å². The highest BCUT2D eigenvalue weighted by molar-refractivity contribution is 9.10. The smallest absolute Gasteiger partial charge is 0.264 e. The lowest BCUT2D eigenvalue weighted by Crippen LogP contribution is -2.51. The van der Waals surface area contributed by atoms with Gasteiger partial charge in [0, 0.05) is 27.6 Å². The molecule has 3 rings (SSSR count). The molecule has 1 unspecified atom stereocenters. The average molecular weight is 627 g/mol. The van der Waals surface area contributed by atoms with Gasteiger partial charge in [-0.1, -0.05) is 69.5 Å². The van der Waals surface area contributed by atoms with Gasteiger partial charge in [-0.2, -0.15) is 0 Å². The number of likely N-dealkylation sites (N-methyl/N-ethyl adjacent to an activating group) is 1. The van der Waals surface area contributed by atoms with Crippen LogP contribution in [0.15, 0.2) is 82.2 Å². The molecule has 3 aromatic rings. The van der Waals surface area contributed by atoms with Gasteiger partial charge in [0.25, 0.3) is 10.0 Å². The molecule has 0 aromatic heterocycles. The fourth-order valence-corrected chi connectivity index (χ4v) is 5.90. The van der Waals surface area contributed by atoms with E-state index in [1.54, 1.807) is 74.5 Å². The van der Waals surface area contributed by atoms with Crippen molar-refractivity contribution in [2.24, 2.45) is 0 Å². The molecule has 0 radical (unpaired) electrons. The topological polar surface area (TPSA) is 86.8 Å². The van der Waals surface area contributed by atoms with Gasteiger partial charge in [0.1, 0.15) is 12.6 Å². The predicted octanol–water partition coefficient (Wildman–Crippen LogP) is 5.50. The molecule has 2 amide bonds. The lowest BCUT2D eigenvalue weighted by atomic mass is 10.1. The van der Waals surface area contributed by atoms with Crippen molar-refractivity contribution < 1.29 is 18.0 Å². The molecule has 0 aliphatic heterocycles. The minimum atomic E-state index is -4.12. The van der Waals surface area contributed by atoms with Gasteiger partial charge in [-0.3, -0.25) is 13.9 Å². The second-order valence-corrected chi connectivity index (χ2v) is 11.8. The lowest BCUT2D eigenvalue weighted by molar-refractivity contribution is -0.139. The third-order valence-corrected chi connectivity index (χ3v) is 8.45. The molecule has 11 heteroatoms. The first kappa shape index (κ1) is 29.0. The summed E-state index contributed by atoms with van der Waals surface area (Å²) in [6.45, 7) is 3.17.